The van der Waals surface area contributed by atoms with E-state index in [-0.39, 0.29) is 29.7 Å². The third-order valence-corrected chi connectivity index (χ3v) is 5.58. The zero-order valence-corrected chi connectivity index (χ0v) is 20.0. The molecule has 0 fully saturated rings. The Balaban J connectivity index is 1.97. The van der Waals surface area contributed by atoms with Crippen LogP contribution >= 0.6 is 0 Å². The number of carbonyl (C=O) groups excluding carboxylic acids is 2. The van der Waals surface area contributed by atoms with Crippen molar-refractivity contribution in [3.63, 3.8) is 0 Å². The van der Waals surface area contributed by atoms with E-state index in [0.717, 1.165) is 5.56 Å². The fourth-order valence-corrected chi connectivity index (χ4v) is 3.12. The number of esters is 1. The average Bonchev–Trinajstić information content (AvgIpc) is 3.24. The molecule has 1 unspecified atom stereocenters. The summed E-state index contributed by atoms with van der Waals surface area (Å²) in [6.45, 7) is 10.3. The summed E-state index contributed by atoms with van der Waals surface area (Å²) in [6.07, 6.45) is 0. The van der Waals surface area contributed by atoms with Gasteiger partial charge in [-0.05, 0) is 61.7 Å². The fourth-order valence-electron chi connectivity index (χ4n) is 3.12. The molecule has 0 bridgehead atoms. The number of ether oxygens (including phenoxy) is 2. The molecule has 0 saturated heterocycles. The summed E-state index contributed by atoms with van der Waals surface area (Å²) in [5, 5.41) is 7.53. The number of aromatic nitrogens is 2. The van der Waals surface area contributed by atoms with E-state index in [1.165, 1.54) is 0 Å². The molecule has 174 valence electrons. The van der Waals surface area contributed by atoms with Gasteiger partial charge in [-0.1, -0.05) is 32.9 Å². The number of methoxy groups -OCH3 is 1. The van der Waals surface area contributed by atoms with Crippen LogP contribution in [0.25, 0.3) is 16.9 Å². The van der Waals surface area contributed by atoms with Crippen molar-refractivity contribution in [1.82, 2.24) is 15.1 Å². The SMILES string of the molecule is CCOC(=O)c1cc(-c2cccc(OC)c2)n(-c2ccc(C(=O)NC(C)C(C)(C)C)cc2)n1. The number of hydrogen-bond acceptors (Lipinski definition) is 5. The van der Waals surface area contributed by atoms with E-state index < -0.39 is 5.97 Å². The highest BCUT2D eigenvalue weighted by Crippen LogP contribution is 2.28. The van der Waals surface area contributed by atoms with Gasteiger partial charge in [0.2, 0.25) is 0 Å². The first-order valence-electron chi connectivity index (χ1n) is 11.0. The molecule has 1 amide bonds. The van der Waals surface area contributed by atoms with Gasteiger partial charge in [0, 0.05) is 17.2 Å². The Morgan fingerprint density at radius 2 is 1.79 bits per heavy atom. The molecule has 2 aromatic carbocycles. The standard InChI is InChI=1S/C26H31N3O4/c1-7-33-25(31)22-16-23(19-9-8-10-21(15-19)32-6)29(28-22)20-13-11-18(12-14-20)24(30)27-17(2)26(3,4)5/h8-17H,7H2,1-6H3,(H,27,30). The summed E-state index contributed by atoms with van der Waals surface area (Å²) in [7, 11) is 1.60. The number of hydrogen-bond donors (Lipinski definition) is 1. The highest BCUT2D eigenvalue weighted by atomic mass is 16.5. The summed E-state index contributed by atoms with van der Waals surface area (Å²) < 4.78 is 12.1. The Hall–Kier alpha value is -3.61. The lowest BCUT2D eigenvalue weighted by Gasteiger charge is -2.28. The molecule has 7 nitrogen and oxygen atoms in total. The van der Waals surface area contributed by atoms with Crippen LogP contribution in [-0.4, -0.2) is 41.4 Å². The summed E-state index contributed by atoms with van der Waals surface area (Å²) in [5.41, 5.74) is 2.96. The minimum Gasteiger partial charge on any atom is -0.497 e. The molecule has 0 spiro atoms. The molecule has 33 heavy (non-hydrogen) atoms. The van der Waals surface area contributed by atoms with Gasteiger partial charge in [-0.25, -0.2) is 9.48 Å². The smallest absolute Gasteiger partial charge is 0.358 e. The van der Waals surface area contributed by atoms with E-state index in [2.05, 4.69) is 31.2 Å². The molecule has 1 N–H and O–H groups in total. The summed E-state index contributed by atoms with van der Waals surface area (Å²) in [6, 6.07) is 16.3. The topological polar surface area (TPSA) is 82.5 Å². The minimum absolute atomic E-state index is 0.0163. The first-order chi connectivity index (χ1) is 15.6. The Morgan fingerprint density at radius 1 is 1.09 bits per heavy atom. The third-order valence-electron chi connectivity index (χ3n) is 5.58. The van der Waals surface area contributed by atoms with Crippen molar-refractivity contribution in [2.24, 2.45) is 5.41 Å². The maximum atomic E-state index is 12.7. The normalized spacial score (nSPS) is 12.2. The Kier molecular flexibility index (Phi) is 7.21. The van der Waals surface area contributed by atoms with E-state index >= 15 is 0 Å². The summed E-state index contributed by atoms with van der Waals surface area (Å²) >= 11 is 0. The summed E-state index contributed by atoms with van der Waals surface area (Å²) in [4.78, 5) is 25.0. The van der Waals surface area contributed by atoms with E-state index in [0.29, 0.717) is 22.7 Å². The molecule has 1 aromatic heterocycles. The van der Waals surface area contributed by atoms with Crippen LogP contribution in [0.4, 0.5) is 0 Å². The minimum atomic E-state index is -0.493. The van der Waals surface area contributed by atoms with E-state index in [1.807, 2.05) is 43.3 Å². The van der Waals surface area contributed by atoms with E-state index in [9.17, 15) is 9.59 Å². The second kappa shape index (κ2) is 9.90. The lowest BCUT2D eigenvalue weighted by atomic mass is 9.88. The van der Waals surface area contributed by atoms with Gasteiger partial charge in [0.25, 0.3) is 5.91 Å². The predicted octanol–water partition coefficient (Wildman–Crippen LogP) is 4.89. The van der Waals surface area contributed by atoms with Gasteiger partial charge < -0.3 is 14.8 Å². The van der Waals surface area contributed by atoms with Crippen molar-refractivity contribution in [3.05, 3.63) is 65.9 Å². The molecule has 0 radical (unpaired) electrons. The maximum Gasteiger partial charge on any atom is 0.358 e. The lowest BCUT2D eigenvalue weighted by Crippen LogP contribution is -2.41. The Bertz CT molecular complexity index is 1130. The van der Waals surface area contributed by atoms with E-state index in [1.54, 1.807) is 36.9 Å². The number of rotatable bonds is 7. The van der Waals surface area contributed by atoms with Crippen LogP contribution < -0.4 is 10.1 Å². The molecular formula is C26H31N3O4. The first-order valence-corrected chi connectivity index (χ1v) is 11.0. The molecule has 0 aliphatic carbocycles. The number of amides is 1. The molecule has 0 aliphatic heterocycles. The van der Waals surface area contributed by atoms with E-state index in [4.69, 9.17) is 9.47 Å². The second-order valence-electron chi connectivity index (χ2n) is 8.89. The molecule has 3 aromatic rings. The number of nitrogens with one attached hydrogen (secondary N) is 1. The van der Waals surface area contributed by atoms with Gasteiger partial charge in [0.1, 0.15) is 5.75 Å². The van der Waals surface area contributed by atoms with Gasteiger partial charge in [-0.3, -0.25) is 4.79 Å². The van der Waals surface area contributed by atoms with Crippen LogP contribution in [0.15, 0.2) is 54.6 Å². The van der Waals surface area contributed by atoms with Crippen LogP contribution in [0.5, 0.6) is 5.75 Å². The third kappa shape index (κ3) is 5.61. The highest BCUT2D eigenvalue weighted by molar-refractivity contribution is 5.94. The molecule has 3 rings (SSSR count). The van der Waals surface area contributed by atoms with Crippen LogP contribution in [-0.2, 0) is 4.74 Å². The van der Waals surface area contributed by atoms with Crippen molar-refractivity contribution < 1.29 is 19.1 Å². The van der Waals surface area contributed by atoms with Crippen molar-refractivity contribution >= 4 is 11.9 Å². The van der Waals surface area contributed by atoms with Crippen LogP contribution in [0, 0.1) is 5.41 Å². The first kappa shape index (κ1) is 24.0. The number of nitrogens with zero attached hydrogens (tertiary/aromatic N) is 2. The van der Waals surface area contributed by atoms with Crippen molar-refractivity contribution in [2.75, 3.05) is 13.7 Å². The maximum absolute atomic E-state index is 12.7. The lowest BCUT2D eigenvalue weighted by molar-refractivity contribution is 0.0518. The Morgan fingerprint density at radius 3 is 2.39 bits per heavy atom. The molecule has 0 saturated carbocycles. The van der Waals surface area contributed by atoms with Gasteiger partial charge in [0.05, 0.1) is 25.1 Å². The van der Waals surface area contributed by atoms with Crippen molar-refractivity contribution in [2.45, 2.75) is 40.7 Å². The quantitative estimate of drug-likeness (QED) is 0.520. The Labute approximate surface area is 194 Å². The molecular weight excluding hydrogens is 418 g/mol. The van der Waals surface area contributed by atoms with Gasteiger partial charge in [-0.15, -0.1) is 0 Å². The second-order valence-corrected chi connectivity index (χ2v) is 8.89. The fraction of sp³-hybridized carbons (Fsp3) is 0.346. The number of carbonyl (C=O) groups is 2. The summed E-state index contributed by atoms with van der Waals surface area (Å²) in [5.74, 6) is 0.0650. The molecule has 1 atom stereocenters. The average molecular weight is 450 g/mol. The van der Waals surface area contributed by atoms with Gasteiger partial charge >= 0.3 is 5.97 Å². The number of benzene rings is 2. The largest absolute Gasteiger partial charge is 0.497 e. The monoisotopic (exact) mass is 449 g/mol. The van der Waals surface area contributed by atoms with Crippen LogP contribution in [0.1, 0.15) is 55.5 Å². The molecule has 1 heterocycles. The zero-order chi connectivity index (χ0) is 24.2. The van der Waals surface area contributed by atoms with Gasteiger partial charge in [0.15, 0.2) is 5.69 Å². The molecule has 0 aliphatic rings. The molecule has 7 heteroatoms. The van der Waals surface area contributed by atoms with Crippen molar-refractivity contribution in [3.8, 4) is 22.7 Å². The highest BCUT2D eigenvalue weighted by Gasteiger charge is 2.22. The predicted molar refractivity (Wildman–Crippen MR) is 128 cm³/mol. The zero-order valence-electron chi connectivity index (χ0n) is 20.0. The van der Waals surface area contributed by atoms with Crippen LogP contribution in [0.2, 0.25) is 0 Å². The van der Waals surface area contributed by atoms with Crippen molar-refractivity contribution in [1.29, 1.82) is 0 Å². The van der Waals surface area contributed by atoms with Gasteiger partial charge in [-0.2, -0.15) is 5.10 Å². The van der Waals surface area contributed by atoms with Crippen LogP contribution in [0.3, 0.4) is 0 Å².